The van der Waals surface area contributed by atoms with Crippen LogP contribution >= 0.6 is 0 Å². The van der Waals surface area contributed by atoms with Gasteiger partial charge in [0.2, 0.25) is 0 Å². The molecular weight excluding hydrogens is 294 g/mol. The molecule has 7 heteroatoms. The molecule has 23 heavy (non-hydrogen) atoms. The molecule has 2 heterocycles. The summed E-state index contributed by atoms with van der Waals surface area (Å²) in [4.78, 5) is 18.5. The third kappa shape index (κ3) is 5.84. The first kappa shape index (κ1) is 17.7. The van der Waals surface area contributed by atoms with Gasteiger partial charge in [0, 0.05) is 50.7 Å². The van der Waals surface area contributed by atoms with Gasteiger partial charge in [-0.25, -0.2) is 9.78 Å². The van der Waals surface area contributed by atoms with E-state index in [0.717, 1.165) is 26.3 Å². The summed E-state index contributed by atoms with van der Waals surface area (Å²) >= 11 is 0. The summed E-state index contributed by atoms with van der Waals surface area (Å²) in [5.41, 5.74) is 0. The van der Waals surface area contributed by atoms with Crippen LogP contribution in [0.4, 0.5) is 4.79 Å². The molecule has 1 aromatic rings. The lowest BCUT2D eigenvalue weighted by Crippen LogP contribution is -2.53. The van der Waals surface area contributed by atoms with Gasteiger partial charge < -0.3 is 19.9 Å². The molecule has 0 saturated carbocycles. The zero-order chi connectivity index (χ0) is 16.7. The van der Waals surface area contributed by atoms with Crippen LogP contribution in [0.1, 0.15) is 20.8 Å². The van der Waals surface area contributed by atoms with Gasteiger partial charge in [-0.15, -0.1) is 0 Å². The van der Waals surface area contributed by atoms with Crippen LogP contribution in [0.2, 0.25) is 0 Å². The van der Waals surface area contributed by atoms with Gasteiger partial charge in [0.05, 0.1) is 19.5 Å². The van der Waals surface area contributed by atoms with Crippen molar-refractivity contribution < 1.29 is 9.53 Å². The second-order valence-electron chi connectivity index (χ2n) is 6.47. The average molecular weight is 323 g/mol. The highest BCUT2D eigenvalue weighted by molar-refractivity contribution is 5.74. The predicted molar refractivity (Wildman–Crippen MR) is 89.2 cm³/mol. The van der Waals surface area contributed by atoms with Crippen molar-refractivity contribution in [1.29, 1.82) is 0 Å². The molecule has 1 saturated heterocycles. The molecule has 0 aliphatic carbocycles. The molecule has 2 rings (SSSR count). The number of urea groups is 1. The Morgan fingerprint density at radius 2 is 2.04 bits per heavy atom. The Hall–Kier alpha value is -1.60. The zero-order valence-electron chi connectivity index (χ0n) is 14.4. The van der Waals surface area contributed by atoms with E-state index in [2.05, 4.69) is 34.4 Å². The number of imidazole rings is 1. The Morgan fingerprint density at radius 3 is 2.65 bits per heavy atom. The second-order valence-corrected chi connectivity index (χ2v) is 6.47. The van der Waals surface area contributed by atoms with Crippen LogP contribution in [-0.4, -0.2) is 65.4 Å². The molecule has 1 fully saturated rings. The van der Waals surface area contributed by atoms with Gasteiger partial charge in [0.25, 0.3) is 0 Å². The van der Waals surface area contributed by atoms with Gasteiger partial charge >= 0.3 is 6.03 Å². The number of carbonyl (C=O) groups excluding carboxylic acids is 1. The van der Waals surface area contributed by atoms with Crippen molar-refractivity contribution in [2.24, 2.45) is 5.92 Å². The molecule has 1 aliphatic heterocycles. The number of ether oxygens (including phenoxy) is 1. The van der Waals surface area contributed by atoms with E-state index < -0.39 is 0 Å². The van der Waals surface area contributed by atoms with Crippen LogP contribution in [0.15, 0.2) is 18.7 Å². The van der Waals surface area contributed by atoms with Crippen LogP contribution in [0.5, 0.6) is 0 Å². The van der Waals surface area contributed by atoms with Gasteiger partial charge in [-0.1, -0.05) is 13.8 Å². The Kier molecular flexibility index (Phi) is 6.85. The second kappa shape index (κ2) is 8.88. The predicted octanol–water partition coefficient (Wildman–Crippen LogP) is 0.928. The first-order chi connectivity index (χ1) is 11.1. The molecule has 2 N–H and O–H groups in total. The summed E-state index contributed by atoms with van der Waals surface area (Å²) in [5.74, 6) is 0.483. The van der Waals surface area contributed by atoms with Gasteiger partial charge in [-0.2, -0.15) is 0 Å². The Labute approximate surface area is 138 Å². The minimum atomic E-state index is -0.114. The lowest BCUT2D eigenvalue weighted by molar-refractivity contribution is 0.00718. The summed E-state index contributed by atoms with van der Waals surface area (Å²) in [6.07, 6.45) is 5.38. The van der Waals surface area contributed by atoms with Crippen molar-refractivity contribution in [3.8, 4) is 0 Å². The summed E-state index contributed by atoms with van der Waals surface area (Å²) < 4.78 is 7.36. The molecule has 0 radical (unpaired) electrons. The summed E-state index contributed by atoms with van der Waals surface area (Å²) in [6.45, 7) is 11.2. The van der Waals surface area contributed by atoms with E-state index in [1.54, 1.807) is 12.5 Å². The highest BCUT2D eigenvalue weighted by Gasteiger charge is 2.24. The molecule has 2 atom stereocenters. The molecule has 1 aromatic heterocycles. The van der Waals surface area contributed by atoms with Crippen LogP contribution in [0.3, 0.4) is 0 Å². The number of carbonyl (C=O) groups is 1. The maximum absolute atomic E-state index is 12.1. The van der Waals surface area contributed by atoms with Crippen molar-refractivity contribution in [1.82, 2.24) is 25.1 Å². The van der Waals surface area contributed by atoms with Gasteiger partial charge in [-0.05, 0) is 12.8 Å². The van der Waals surface area contributed by atoms with Gasteiger partial charge in [-0.3, -0.25) is 4.90 Å². The molecule has 1 aliphatic rings. The third-order valence-corrected chi connectivity index (χ3v) is 4.18. The Morgan fingerprint density at radius 1 is 1.30 bits per heavy atom. The van der Waals surface area contributed by atoms with Crippen molar-refractivity contribution in [3.63, 3.8) is 0 Å². The lowest BCUT2D eigenvalue weighted by atomic mass is 10.0. The minimum absolute atomic E-state index is 0.0464. The van der Waals surface area contributed by atoms with E-state index >= 15 is 0 Å². The van der Waals surface area contributed by atoms with Crippen LogP contribution in [0, 0.1) is 5.92 Å². The lowest BCUT2D eigenvalue weighted by Gasteiger charge is -2.37. The first-order valence-electron chi connectivity index (χ1n) is 8.38. The van der Waals surface area contributed by atoms with Gasteiger partial charge in [0.1, 0.15) is 0 Å². The standard InChI is InChI=1S/C16H29N5O2/c1-13(2)15(21-6-8-23-9-7-21)10-18-16(22)19-14(3)11-20-5-4-17-12-20/h4-5,12-15H,6-11H2,1-3H3,(H2,18,19,22)/t14-,15-/m0/s1. The number of nitrogens with one attached hydrogen (secondary N) is 2. The smallest absolute Gasteiger partial charge is 0.315 e. The highest BCUT2D eigenvalue weighted by Crippen LogP contribution is 2.12. The number of nitrogens with zero attached hydrogens (tertiary/aromatic N) is 3. The zero-order valence-corrected chi connectivity index (χ0v) is 14.4. The molecule has 0 spiro atoms. The Balaban J connectivity index is 1.74. The molecule has 0 aromatic carbocycles. The molecular formula is C16H29N5O2. The summed E-state index contributed by atoms with van der Waals surface area (Å²) in [5, 5.41) is 5.99. The number of rotatable bonds is 7. The highest BCUT2D eigenvalue weighted by atomic mass is 16.5. The van der Waals surface area contributed by atoms with E-state index in [-0.39, 0.29) is 12.1 Å². The van der Waals surface area contributed by atoms with Crippen LogP contribution in [0.25, 0.3) is 0 Å². The summed E-state index contributed by atoms with van der Waals surface area (Å²) in [6, 6.07) is 0.273. The van der Waals surface area contributed by atoms with Crippen molar-refractivity contribution in [2.45, 2.75) is 39.4 Å². The monoisotopic (exact) mass is 323 g/mol. The van der Waals surface area contributed by atoms with Crippen molar-refractivity contribution in [3.05, 3.63) is 18.7 Å². The average Bonchev–Trinajstić information content (AvgIpc) is 3.00. The molecule has 0 unspecified atom stereocenters. The number of morpholine rings is 1. The largest absolute Gasteiger partial charge is 0.379 e. The fourth-order valence-electron chi connectivity index (χ4n) is 2.92. The quantitative estimate of drug-likeness (QED) is 0.783. The number of hydrogen-bond donors (Lipinski definition) is 2. The maximum Gasteiger partial charge on any atom is 0.315 e. The van der Waals surface area contributed by atoms with Crippen LogP contribution < -0.4 is 10.6 Å². The molecule has 130 valence electrons. The normalized spacial score (nSPS) is 18.6. The fourth-order valence-corrected chi connectivity index (χ4v) is 2.92. The van der Waals surface area contributed by atoms with E-state index in [1.165, 1.54) is 0 Å². The van der Waals surface area contributed by atoms with E-state index in [0.29, 0.717) is 25.0 Å². The van der Waals surface area contributed by atoms with Crippen molar-refractivity contribution >= 4 is 6.03 Å². The fraction of sp³-hybridized carbons (Fsp3) is 0.750. The van der Waals surface area contributed by atoms with Crippen LogP contribution in [-0.2, 0) is 11.3 Å². The maximum atomic E-state index is 12.1. The SMILES string of the molecule is CC(C)[C@H](CNC(=O)N[C@@H](C)Cn1ccnc1)N1CCOCC1. The molecule has 7 nitrogen and oxygen atoms in total. The first-order valence-corrected chi connectivity index (χ1v) is 8.38. The molecule has 0 bridgehead atoms. The number of hydrogen-bond acceptors (Lipinski definition) is 4. The minimum Gasteiger partial charge on any atom is -0.379 e. The van der Waals surface area contributed by atoms with E-state index in [9.17, 15) is 4.79 Å². The Bertz CT molecular complexity index is 457. The van der Waals surface area contributed by atoms with E-state index in [4.69, 9.17) is 4.74 Å². The number of aromatic nitrogens is 2. The summed E-state index contributed by atoms with van der Waals surface area (Å²) in [7, 11) is 0. The van der Waals surface area contributed by atoms with Gasteiger partial charge in [0.15, 0.2) is 0 Å². The third-order valence-electron chi connectivity index (χ3n) is 4.18. The topological polar surface area (TPSA) is 71.4 Å². The number of amides is 2. The van der Waals surface area contributed by atoms with E-state index in [1.807, 2.05) is 17.7 Å². The van der Waals surface area contributed by atoms with Crippen molar-refractivity contribution in [2.75, 3.05) is 32.8 Å². The molecule has 2 amide bonds.